The fourth-order valence-electron chi connectivity index (χ4n) is 3.86. The van der Waals surface area contributed by atoms with E-state index >= 15 is 0 Å². The van der Waals surface area contributed by atoms with Gasteiger partial charge in [-0.3, -0.25) is 0 Å². The van der Waals surface area contributed by atoms with Crippen molar-refractivity contribution < 1.29 is 0 Å². The Morgan fingerprint density at radius 3 is 2.37 bits per heavy atom. The third-order valence-corrected chi connectivity index (χ3v) is 6.18. The summed E-state index contributed by atoms with van der Waals surface area (Å²) >= 11 is 12.5. The molecular formula is C25H25Cl3N2. The maximum absolute atomic E-state index is 6.45. The van der Waals surface area contributed by atoms with Crippen LogP contribution in [-0.2, 0) is 13.1 Å². The lowest BCUT2D eigenvalue weighted by Crippen LogP contribution is -2.18. The standard InChI is InChI=1S/C25H24Cl2N2.ClH/c1-17(19-8-4-3-5-9-19)28-15-23-18(2)29(25-11-7-6-10-22(23)25)16-20-12-13-21(26)14-24(20)27;/h3-14,17,28H,15-16H2,1-2H3;1H. The third-order valence-electron chi connectivity index (χ3n) is 5.59. The van der Waals surface area contributed by atoms with Crippen molar-refractivity contribution in [2.75, 3.05) is 0 Å². The average molecular weight is 460 g/mol. The normalized spacial score (nSPS) is 12.0. The summed E-state index contributed by atoms with van der Waals surface area (Å²) in [5.74, 6) is 0. The van der Waals surface area contributed by atoms with Gasteiger partial charge in [-0.05, 0) is 48.7 Å². The monoisotopic (exact) mass is 458 g/mol. The van der Waals surface area contributed by atoms with E-state index in [1.54, 1.807) is 0 Å². The molecule has 4 rings (SSSR count). The molecule has 0 bridgehead atoms. The Morgan fingerprint density at radius 1 is 0.933 bits per heavy atom. The summed E-state index contributed by atoms with van der Waals surface area (Å²) in [5, 5.41) is 6.33. The van der Waals surface area contributed by atoms with E-state index in [2.05, 4.69) is 78.3 Å². The van der Waals surface area contributed by atoms with Crippen LogP contribution in [0.1, 0.15) is 35.3 Å². The van der Waals surface area contributed by atoms with Crippen LogP contribution in [0.2, 0.25) is 10.0 Å². The summed E-state index contributed by atoms with van der Waals surface area (Å²) in [6.07, 6.45) is 0. The molecule has 0 amide bonds. The first kappa shape index (κ1) is 22.7. The Balaban J connectivity index is 0.00000256. The fourth-order valence-corrected chi connectivity index (χ4v) is 4.33. The van der Waals surface area contributed by atoms with Crippen molar-refractivity contribution in [3.05, 3.63) is 105 Å². The van der Waals surface area contributed by atoms with Crippen molar-refractivity contribution >= 4 is 46.5 Å². The van der Waals surface area contributed by atoms with E-state index in [4.69, 9.17) is 23.2 Å². The molecule has 3 aromatic carbocycles. The molecule has 0 aliphatic rings. The lowest BCUT2D eigenvalue weighted by atomic mass is 10.1. The second-order valence-electron chi connectivity index (χ2n) is 7.42. The third kappa shape index (κ3) is 4.68. The lowest BCUT2D eigenvalue weighted by Gasteiger charge is -2.15. The molecule has 0 saturated heterocycles. The van der Waals surface area contributed by atoms with E-state index < -0.39 is 0 Å². The van der Waals surface area contributed by atoms with E-state index in [0.717, 1.165) is 18.7 Å². The molecule has 4 aromatic rings. The summed E-state index contributed by atoms with van der Waals surface area (Å²) < 4.78 is 2.34. The molecule has 156 valence electrons. The van der Waals surface area contributed by atoms with Gasteiger partial charge < -0.3 is 9.88 Å². The summed E-state index contributed by atoms with van der Waals surface area (Å²) in [5.41, 5.74) is 6.16. The van der Waals surface area contributed by atoms with Crippen molar-refractivity contribution in [1.82, 2.24) is 9.88 Å². The van der Waals surface area contributed by atoms with Gasteiger partial charge in [0.1, 0.15) is 0 Å². The first-order chi connectivity index (χ1) is 14.0. The van der Waals surface area contributed by atoms with Crippen LogP contribution in [-0.4, -0.2) is 4.57 Å². The van der Waals surface area contributed by atoms with Crippen molar-refractivity contribution in [3.63, 3.8) is 0 Å². The van der Waals surface area contributed by atoms with Gasteiger partial charge in [-0.2, -0.15) is 0 Å². The highest BCUT2D eigenvalue weighted by Crippen LogP contribution is 2.29. The van der Waals surface area contributed by atoms with Crippen LogP contribution in [0.15, 0.2) is 72.8 Å². The van der Waals surface area contributed by atoms with Crippen LogP contribution in [0.25, 0.3) is 10.9 Å². The second kappa shape index (κ2) is 9.89. The molecule has 1 N–H and O–H groups in total. The first-order valence-electron chi connectivity index (χ1n) is 9.83. The SMILES string of the molecule is Cc1c(CNC(C)c2ccccc2)c2ccccc2n1Cc1ccc(Cl)cc1Cl.Cl. The van der Waals surface area contributed by atoms with Gasteiger partial charge in [0, 0.05) is 45.8 Å². The molecule has 0 saturated carbocycles. The zero-order chi connectivity index (χ0) is 20.4. The predicted molar refractivity (Wildman–Crippen MR) is 131 cm³/mol. The smallest absolute Gasteiger partial charge is 0.0493 e. The quantitative estimate of drug-likeness (QED) is 0.314. The summed E-state index contributed by atoms with van der Waals surface area (Å²) in [7, 11) is 0. The number of halogens is 3. The van der Waals surface area contributed by atoms with Crippen LogP contribution >= 0.6 is 35.6 Å². The second-order valence-corrected chi connectivity index (χ2v) is 8.26. The van der Waals surface area contributed by atoms with Gasteiger partial charge in [-0.15, -0.1) is 12.4 Å². The van der Waals surface area contributed by atoms with Gasteiger partial charge in [-0.25, -0.2) is 0 Å². The van der Waals surface area contributed by atoms with E-state index in [1.165, 1.54) is 27.7 Å². The number of nitrogens with zero attached hydrogens (tertiary/aromatic N) is 1. The van der Waals surface area contributed by atoms with E-state index in [0.29, 0.717) is 10.0 Å². The van der Waals surface area contributed by atoms with Crippen molar-refractivity contribution in [1.29, 1.82) is 0 Å². The number of aromatic nitrogens is 1. The minimum Gasteiger partial charge on any atom is -0.340 e. The highest BCUT2D eigenvalue weighted by atomic mass is 35.5. The van der Waals surface area contributed by atoms with Crippen molar-refractivity contribution in [2.24, 2.45) is 0 Å². The van der Waals surface area contributed by atoms with Gasteiger partial charge in [0.2, 0.25) is 0 Å². The molecule has 0 spiro atoms. The predicted octanol–water partition coefficient (Wildman–Crippen LogP) is 7.58. The zero-order valence-electron chi connectivity index (χ0n) is 17.0. The Bertz CT molecular complexity index is 1140. The van der Waals surface area contributed by atoms with Gasteiger partial charge in [0.25, 0.3) is 0 Å². The molecule has 1 unspecified atom stereocenters. The van der Waals surface area contributed by atoms with Gasteiger partial charge >= 0.3 is 0 Å². The molecule has 0 aliphatic carbocycles. The molecule has 0 aliphatic heterocycles. The Labute approximate surface area is 194 Å². The van der Waals surface area contributed by atoms with Crippen molar-refractivity contribution in [2.45, 2.75) is 33.0 Å². The lowest BCUT2D eigenvalue weighted by molar-refractivity contribution is 0.573. The summed E-state index contributed by atoms with van der Waals surface area (Å²) in [4.78, 5) is 0. The number of benzene rings is 3. The summed E-state index contributed by atoms with van der Waals surface area (Å²) in [6, 6.07) is 25.1. The molecule has 0 radical (unpaired) electrons. The number of hydrogen-bond donors (Lipinski definition) is 1. The molecule has 1 aromatic heterocycles. The van der Waals surface area contributed by atoms with Crippen molar-refractivity contribution in [3.8, 4) is 0 Å². The summed E-state index contributed by atoms with van der Waals surface area (Å²) in [6.45, 7) is 5.92. The fraction of sp³-hybridized carbons (Fsp3) is 0.200. The number of fused-ring (bicyclic) bond motifs is 1. The Hall–Kier alpha value is -1.97. The number of rotatable bonds is 6. The molecular weight excluding hydrogens is 435 g/mol. The zero-order valence-corrected chi connectivity index (χ0v) is 19.4. The highest BCUT2D eigenvalue weighted by Gasteiger charge is 2.16. The van der Waals surface area contributed by atoms with E-state index in [9.17, 15) is 0 Å². The molecule has 30 heavy (non-hydrogen) atoms. The topological polar surface area (TPSA) is 17.0 Å². The molecule has 0 fully saturated rings. The van der Waals surface area contributed by atoms with Crippen LogP contribution in [0, 0.1) is 6.92 Å². The average Bonchev–Trinajstić information content (AvgIpc) is 3.00. The number of para-hydroxylation sites is 1. The van der Waals surface area contributed by atoms with E-state index in [1.807, 2.05) is 18.2 Å². The van der Waals surface area contributed by atoms with Gasteiger partial charge in [0.05, 0.1) is 0 Å². The van der Waals surface area contributed by atoms with Crippen LogP contribution < -0.4 is 5.32 Å². The number of nitrogens with one attached hydrogen (secondary N) is 1. The molecule has 5 heteroatoms. The van der Waals surface area contributed by atoms with Crippen LogP contribution in [0.5, 0.6) is 0 Å². The van der Waals surface area contributed by atoms with E-state index in [-0.39, 0.29) is 18.4 Å². The largest absolute Gasteiger partial charge is 0.340 e. The van der Waals surface area contributed by atoms with Crippen LogP contribution in [0.4, 0.5) is 0 Å². The first-order valence-corrected chi connectivity index (χ1v) is 10.6. The maximum atomic E-state index is 6.45. The van der Waals surface area contributed by atoms with Gasteiger partial charge in [-0.1, -0.05) is 77.8 Å². The molecule has 2 nitrogen and oxygen atoms in total. The molecule has 1 atom stereocenters. The Kier molecular flexibility index (Phi) is 7.49. The molecule has 1 heterocycles. The van der Waals surface area contributed by atoms with Crippen LogP contribution in [0.3, 0.4) is 0 Å². The minimum atomic E-state index is 0. The Morgan fingerprint density at radius 2 is 1.63 bits per heavy atom. The highest BCUT2D eigenvalue weighted by molar-refractivity contribution is 6.35. The number of hydrogen-bond acceptors (Lipinski definition) is 1. The minimum absolute atomic E-state index is 0. The van der Waals surface area contributed by atoms with Gasteiger partial charge in [0.15, 0.2) is 0 Å². The maximum Gasteiger partial charge on any atom is 0.0493 e.